The van der Waals surface area contributed by atoms with Gasteiger partial charge in [0.25, 0.3) is 5.69 Å². The van der Waals surface area contributed by atoms with Crippen LogP contribution in [0.25, 0.3) is 0 Å². The van der Waals surface area contributed by atoms with Crippen LogP contribution in [0.4, 0.5) is 5.69 Å². The Kier molecular flexibility index (Phi) is 5.94. The van der Waals surface area contributed by atoms with Gasteiger partial charge in [-0.25, -0.2) is 0 Å². The Morgan fingerprint density at radius 1 is 1.59 bits per heavy atom. The lowest BCUT2D eigenvalue weighted by Gasteiger charge is -2.08. The van der Waals surface area contributed by atoms with Crippen molar-refractivity contribution in [3.63, 3.8) is 0 Å². The van der Waals surface area contributed by atoms with E-state index >= 15 is 0 Å². The average molecular weight is 319 g/mol. The molecule has 0 fully saturated rings. The zero-order chi connectivity index (χ0) is 12.8. The number of nitrogens with two attached hydrogens (primary N) is 1. The lowest BCUT2D eigenvalue weighted by atomic mass is 10.2. The van der Waals surface area contributed by atoms with Crippen molar-refractivity contribution in [2.75, 3.05) is 12.3 Å². The number of hydrogen-bond acceptors (Lipinski definition) is 4. The summed E-state index contributed by atoms with van der Waals surface area (Å²) in [6, 6.07) is 4.87. The Labute approximate surface area is 113 Å². The second kappa shape index (κ2) is 6.98. The van der Waals surface area contributed by atoms with Crippen molar-refractivity contribution in [2.24, 2.45) is 11.7 Å². The molecule has 0 amide bonds. The van der Waals surface area contributed by atoms with Crippen LogP contribution in [-0.2, 0) is 5.75 Å². The maximum absolute atomic E-state index is 10.6. The van der Waals surface area contributed by atoms with E-state index in [2.05, 4.69) is 22.9 Å². The smallest absolute Gasteiger partial charge is 0.270 e. The van der Waals surface area contributed by atoms with Crippen LogP contribution in [0.1, 0.15) is 12.5 Å². The molecule has 1 aromatic rings. The molecule has 0 saturated heterocycles. The van der Waals surface area contributed by atoms with Gasteiger partial charge in [-0.2, -0.15) is 11.8 Å². The van der Waals surface area contributed by atoms with E-state index in [0.29, 0.717) is 12.5 Å². The fourth-order valence-electron chi connectivity index (χ4n) is 1.20. The van der Waals surface area contributed by atoms with Gasteiger partial charge in [-0.3, -0.25) is 10.1 Å². The molecule has 0 aromatic heterocycles. The van der Waals surface area contributed by atoms with Gasteiger partial charge in [0.1, 0.15) is 0 Å². The number of nitro groups is 1. The average Bonchev–Trinajstić information content (AvgIpc) is 2.30. The van der Waals surface area contributed by atoms with Gasteiger partial charge in [0, 0.05) is 22.4 Å². The molecule has 0 aliphatic heterocycles. The number of thioether (sulfide) groups is 1. The van der Waals surface area contributed by atoms with Crippen LogP contribution in [0.15, 0.2) is 22.7 Å². The summed E-state index contributed by atoms with van der Waals surface area (Å²) in [5, 5.41) is 10.6. The molecule has 0 spiro atoms. The van der Waals surface area contributed by atoms with Crippen molar-refractivity contribution < 1.29 is 4.92 Å². The molecule has 2 N–H and O–H groups in total. The van der Waals surface area contributed by atoms with E-state index in [-0.39, 0.29) is 5.69 Å². The molecule has 0 aliphatic carbocycles. The third kappa shape index (κ3) is 4.65. The first-order valence-electron chi connectivity index (χ1n) is 5.25. The van der Waals surface area contributed by atoms with Crippen LogP contribution in [0.3, 0.4) is 0 Å². The first-order chi connectivity index (χ1) is 8.04. The largest absolute Gasteiger partial charge is 0.330 e. The van der Waals surface area contributed by atoms with Crippen molar-refractivity contribution in [2.45, 2.75) is 12.7 Å². The first kappa shape index (κ1) is 14.5. The second-order valence-corrected chi connectivity index (χ2v) is 5.77. The molecule has 1 rings (SSSR count). The molecule has 4 nitrogen and oxygen atoms in total. The fourth-order valence-corrected chi connectivity index (χ4v) is 3.03. The van der Waals surface area contributed by atoms with Crippen molar-refractivity contribution >= 4 is 33.4 Å². The van der Waals surface area contributed by atoms with E-state index in [4.69, 9.17) is 5.73 Å². The first-order valence-corrected chi connectivity index (χ1v) is 7.20. The zero-order valence-electron chi connectivity index (χ0n) is 9.56. The number of non-ortho nitro benzene ring substituents is 1. The Bertz CT molecular complexity index is 401. The maximum atomic E-state index is 10.6. The summed E-state index contributed by atoms with van der Waals surface area (Å²) < 4.78 is 0.791. The highest BCUT2D eigenvalue weighted by atomic mass is 79.9. The SMILES string of the molecule is CC(CN)CSCc1ccc([N+](=O)[O-])cc1Br. The fraction of sp³-hybridized carbons (Fsp3) is 0.455. The van der Waals surface area contributed by atoms with Gasteiger partial charge in [0.2, 0.25) is 0 Å². The van der Waals surface area contributed by atoms with Crippen LogP contribution in [0, 0.1) is 16.0 Å². The quantitative estimate of drug-likeness (QED) is 0.646. The minimum Gasteiger partial charge on any atom is -0.330 e. The van der Waals surface area contributed by atoms with Gasteiger partial charge in [0.05, 0.1) is 4.92 Å². The molecule has 1 unspecified atom stereocenters. The van der Waals surface area contributed by atoms with E-state index in [0.717, 1.165) is 21.5 Å². The minimum absolute atomic E-state index is 0.112. The standard InChI is InChI=1S/C11H15BrN2O2S/c1-8(5-13)6-17-7-9-2-3-10(14(15)16)4-11(9)12/h2-4,8H,5-7,13H2,1H3. The minimum atomic E-state index is -0.391. The summed E-state index contributed by atoms with van der Waals surface area (Å²) in [7, 11) is 0. The van der Waals surface area contributed by atoms with Gasteiger partial charge < -0.3 is 5.73 Å². The van der Waals surface area contributed by atoms with E-state index in [1.807, 2.05) is 0 Å². The van der Waals surface area contributed by atoms with Gasteiger partial charge in [-0.1, -0.05) is 28.9 Å². The highest BCUT2D eigenvalue weighted by Gasteiger charge is 2.09. The van der Waals surface area contributed by atoms with Crippen molar-refractivity contribution in [3.05, 3.63) is 38.3 Å². The normalized spacial score (nSPS) is 12.4. The molecule has 94 valence electrons. The molecular formula is C11H15BrN2O2S. The van der Waals surface area contributed by atoms with E-state index < -0.39 is 4.92 Å². The summed E-state index contributed by atoms with van der Waals surface area (Å²) in [6.07, 6.45) is 0. The van der Waals surface area contributed by atoms with Crippen LogP contribution in [0.2, 0.25) is 0 Å². The molecule has 1 atom stereocenters. The molecule has 0 bridgehead atoms. The number of nitrogens with zero attached hydrogens (tertiary/aromatic N) is 1. The van der Waals surface area contributed by atoms with Crippen LogP contribution < -0.4 is 5.73 Å². The summed E-state index contributed by atoms with van der Waals surface area (Å²) in [6.45, 7) is 2.80. The van der Waals surface area contributed by atoms with Crippen molar-refractivity contribution in [1.29, 1.82) is 0 Å². The molecule has 0 aliphatic rings. The predicted octanol–water partition coefficient (Wildman–Crippen LogP) is 3.19. The van der Waals surface area contributed by atoms with Gasteiger partial charge >= 0.3 is 0 Å². The molecule has 0 saturated carbocycles. The monoisotopic (exact) mass is 318 g/mol. The highest BCUT2D eigenvalue weighted by Crippen LogP contribution is 2.26. The van der Waals surface area contributed by atoms with Gasteiger partial charge in [-0.15, -0.1) is 0 Å². The summed E-state index contributed by atoms with van der Waals surface area (Å²) in [4.78, 5) is 10.2. The number of hydrogen-bond donors (Lipinski definition) is 1. The van der Waals surface area contributed by atoms with Crippen LogP contribution in [0.5, 0.6) is 0 Å². The van der Waals surface area contributed by atoms with Gasteiger partial charge in [0.15, 0.2) is 0 Å². The van der Waals surface area contributed by atoms with Crippen molar-refractivity contribution in [1.82, 2.24) is 0 Å². The number of benzene rings is 1. The Morgan fingerprint density at radius 2 is 2.29 bits per heavy atom. The molecule has 17 heavy (non-hydrogen) atoms. The topological polar surface area (TPSA) is 69.2 Å². The number of rotatable bonds is 6. The predicted molar refractivity (Wildman–Crippen MR) is 75.2 cm³/mol. The Morgan fingerprint density at radius 3 is 2.82 bits per heavy atom. The van der Waals surface area contributed by atoms with E-state index in [1.165, 1.54) is 6.07 Å². The van der Waals surface area contributed by atoms with Crippen LogP contribution in [-0.4, -0.2) is 17.2 Å². The lowest BCUT2D eigenvalue weighted by molar-refractivity contribution is -0.384. The molecular weight excluding hydrogens is 304 g/mol. The number of nitro benzene ring substituents is 1. The molecule has 1 aromatic carbocycles. The Balaban J connectivity index is 2.57. The molecule has 6 heteroatoms. The maximum Gasteiger partial charge on any atom is 0.270 e. The highest BCUT2D eigenvalue weighted by molar-refractivity contribution is 9.10. The van der Waals surface area contributed by atoms with Crippen LogP contribution >= 0.6 is 27.7 Å². The lowest BCUT2D eigenvalue weighted by Crippen LogP contribution is -2.12. The van der Waals surface area contributed by atoms with Gasteiger partial charge in [-0.05, 0) is 23.8 Å². The van der Waals surface area contributed by atoms with E-state index in [1.54, 1.807) is 23.9 Å². The summed E-state index contributed by atoms with van der Waals surface area (Å²) >= 11 is 5.14. The van der Waals surface area contributed by atoms with Crippen molar-refractivity contribution in [3.8, 4) is 0 Å². The Hall–Kier alpha value is -0.590. The molecule has 0 heterocycles. The summed E-state index contributed by atoms with van der Waals surface area (Å²) in [5.74, 6) is 2.33. The zero-order valence-corrected chi connectivity index (χ0v) is 12.0. The second-order valence-electron chi connectivity index (χ2n) is 3.89. The molecule has 0 radical (unpaired) electrons. The third-order valence-corrected chi connectivity index (χ3v) is 4.37. The number of halogens is 1. The van der Waals surface area contributed by atoms with E-state index in [9.17, 15) is 10.1 Å². The third-order valence-electron chi connectivity index (χ3n) is 2.31. The summed E-state index contributed by atoms with van der Waals surface area (Å²) in [5.41, 5.74) is 6.72.